The third-order valence-electron chi connectivity index (χ3n) is 2.92. The summed E-state index contributed by atoms with van der Waals surface area (Å²) in [7, 11) is 4.86. The van der Waals surface area contributed by atoms with Gasteiger partial charge in [0.1, 0.15) is 0 Å². The first-order chi connectivity index (χ1) is 7.77. The summed E-state index contributed by atoms with van der Waals surface area (Å²) in [6.07, 6.45) is 14.6. The summed E-state index contributed by atoms with van der Waals surface area (Å²) in [4.78, 5) is 0. The van der Waals surface area contributed by atoms with Gasteiger partial charge in [-0.1, -0.05) is 83.7 Å². The standard InChI is InChI=1S/C13H28Si3/c1-3-4-5-6-7-8-9-10-11-12-13-15-16(2)14/h3-13H2,1-2H3. The fourth-order valence-corrected chi connectivity index (χ4v) is 5.47. The van der Waals surface area contributed by atoms with Crippen molar-refractivity contribution in [1.29, 1.82) is 0 Å². The van der Waals surface area contributed by atoms with E-state index in [2.05, 4.69) is 23.2 Å². The molecule has 0 rings (SSSR count). The van der Waals surface area contributed by atoms with Crippen molar-refractivity contribution >= 4 is 26.6 Å². The van der Waals surface area contributed by atoms with Crippen molar-refractivity contribution in [2.45, 2.75) is 83.7 Å². The first-order valence-corrected chi connectivity index (χ1v) is 12.8. The highest BCUT2D eigenvalue weighted by Crippen LogP contribution is 2.11. The maximum Gasteiger partial charge on any atom is 0.0216 e. The van der Waals surface area contributed by atoms with Crippen LogP contribution < -0.4 is 0 Å². The Labute approximate surface area is 110 Å². The fraction of sp³-hybridized carbons (Fsp3) is 1.00. The average Bonchev–Trinajstić information content (AvgIpc) is 2.25. The second-order valence-electron chi connectivity index (χ2n) is 4.73. The molecule has 92 valence electrons. The highest BCUT2D eigenvalue weighted by Gasteiger charge is 1.97. The molecule has 0 heterocycles. The van der Waals surface area contributed by atoms with Crippen LogP contribution in [0.2, 0.25) is 12.6 Å². The lowest BCUT2D eigenvalue weighted by atomic mass is 10.1. The Bertz CT molecular complexity index is 126. The van der Waals surface area contributed by atoms with Crippen molar-refractivity contribution in [2.75, 3.05) is 0 Å². The second kappa shape index (κ2) is 13.7. The molecule has 6 radical (unpaired) electrons. The maximum absolute atomic E-state index is 3.76. The summed E-state index contributed by atoms with van der Waals surface area (Å²) >= 11 is 0. The number of rotatable bonds is 12. The summed E-state index contributed by atoms with van der Waals surface area (Å²) in [6, 6.07) is 1.48. The molecule has 0 amide bonds. The second-order valence-corrected chi connectivity index (χ2v) is 13.9. The molecule has 0 aliphatic heterocycles. The first kappa shape index (κ1) is 16.7. The molecule has 0 aromatic heterocycles. The summed E-state index contributed by atoms with van der Waals surface area (Å²) in [5, 5.41) is 0. The van der Waals surface area contributed by atoms with E-state index in [4.69, 9.17) is 0 Å². The molecule has 0 aromatic rings. The van der Waals surface area contributed by atoms with Crippen molar-refractivity contribution in [1.82, 2.24) is 0 Å². The third kappa shape index (κ3) is 14.7. The molecule has 3 heteroatoms. The van der Waals surface area contributed by atoms with E-state index in [-0.39, 0.29) is 7.83 Å². The molecule has 0 bridgehead atoms. The minimum atomic E-state index is -0.111. The van der Waals surface area contributed by atoms with Gasteiger partial charge >= 0.3 is 0 Å². The Morgan fingerprint density at radius 3 is 1.69 bits per heavy atom. The maximum atomic E-state index is 3.76. The Morgan fingerprint density at radius 1 is 0.812 bits per heavy atom. The lowest BCUT2D eigenvalue weighted by Gasteiger charge is -2.03. The fourth-order valence-electron chi connectivity index (χ4n) is 1.89. The Morgan fingerprint density at radius 2 is 1.25 bits per heavy atom. The summed E-state index contributed by atoms with van der Waals surface area (Å²) in [6.45, 7) is 4.65. The topological polar surface area (TPSA) is 0 Å². The molecule has 0 aliphatic carbocycles. The Balaban J connectivity index is 2.88. The van der Waals surface area contributed by atoms with Crippen molar-refractivity contribution in [3.05, 3.63) is 0 Å². The van der Waals surface area contributed by atoms with Gasteiger partial charge in [-0.05, 0) is 0 Å². The van der Waals surface area contributed by atoms with Gasteiger partial charge in [0.25, 0.3) is 0 Å². The van der Waals surface area contributed by atoms with E-state index >= 15 is 0 Å². The molecule has 0 saturated heterocycles. The van der Waals surface area contributed by atoms with Crippen LogP contribution in [0.15, 0.2) is 0 Å². The average molecular weight is 269 g/mol. The Hall–Kier alpha value is 0.651. The summed E-state index contributed by atoms with van der Waals surface area (Å²) in [5.41, 5.74) is 0. The van der Waals surface area contributed by atoms with Gasteiger partial charge in [-0.2, -0.15) is 0 Å². The number of hydrogen-bond acceptors (Lipinski definition) is 0. The van der Waals surface area contributed by atoms with Crippen LogP contribution >= 0.6 is 0 Å². The third-order valence-corrected chi connectivity index (χ3v) is 7.99. The predicted molar refractivity (Wildman–Crippen MR) is 79.8 cm³/mol. The van der Waals surface area contributed by atoms with E-state index in [1.54, 1.807) is 0 Å². The zero-order valence-corrected chi connectivity index (χ0v) is 14.3. The zero-order valence-electron chi connectivity index (χ0n) is 11.3. The van der Waals surface area contributed by atoms with E-state index in [9.17, 15) is 0 Å². The lowest BCUT2D eigenvalue weighted by molar-refractivity contribution is 0.562. The van der Waals surface area contributed by atoms with Gasteiger partial charge in [0.15, 0.2) is 0 Å². The van der Waals surface area contributed by atoms with Gasteiger partial charge in [-0.3, -0.25) is 0 Å². The highest BCUT2D eigenvalue weighted by atomic mass is 29.5. The van der Waals surface area contributed by atoms with E-state index in [1.807, 2.05) is 0 Å². The van der Waals surface area contributed by atoms with Crippen LogP contribution in [0.25, 0.3) is 0 Å². The monoisotopic (exact) mass is 268 g/mol. The van der Waals surface area contributed by atoms with Gasteiger partial charge in [-0.25, -0.2) is 0 Å². The minimum absolute atomic E-state index is 0.111. The van der Waals surface area contributed by atoms with Crippen molar-refractivity contribution < 1.29 is 0 Å². The van der Waals surface area contributed by atoms with Crippen LogP contribution in [0.3, 0.4) is 0 Å². The molecule has 0 nitrogen and oxygen atoms in total. The van der Waals surface area contributed by atoms with Crippen LogP contribution in [0.5, 0.6) is 0 Å². The molecule has 0 atom stereocenters. The van der Waals surface area contributed by atoms with Gasteiger partial charge in [0.05, 0.1) is 0 Å². The van der Waals surface area contributed by atoms with Gasteiger partial charge in [-0.15, -0.1) is 0 Å². The smallest absolute Gasteiger partial charge is 0.0216 e. The SMILES string of the molecule is CCCCCCCCCCCC[Si][Si](C)[Si]. The molecule has 0 fully saturated rings. The van der Waals surface area contributed by atoms with Crippen LogP contribution in [0.4, 0.5) is 0 Å². The van der Waals surface area contributed by atoms with E-state index < -0.39 is 0 Å². The molecule has 0 saturated carbocycles. The molecule has 16 heavy (non-hydrogen) atoms. The minimum Gasteiger partial charge on any atom is -0.0761 e. The van der Waals surface area contributed by atoms with Crippen LogP contribution in [0.1, 0.15) is 71.1 Å². The zero-order chi connectivity index (χ0) is 12.1. The number of unbranched alkanes of at least 4 members (excludes halogenated alkanes) is 9. The normalized spacial score (nSPS) is 11.2. The van der Waals surface area contributed by atoms with Crippen LogP contribution in [-0.2, 0) is 0 Å². The molecule has 0 N–H and O–H groups in total. The van der Waals surface area contributed by atoms with Gasteiger partial charge in [0, 0.05) is 26.6 Å². The molecular weight excluding hydrogens is 240 g/mol. The van der Waals surface area contributed by atoms with Gasteiger partial charge < -0.3 is 0 Å². The van der Waals surface area contributed by atoms with Crippen molar-refractivity contribution in [3.63, 3.8) is 0 Å². The van der Waals surface area contributed by atoms with Crippen molar-refractivity contribution in [3.8, 4) is 0 Å². The first-order valence-electron chi connectivity index (χ1n) is 7.06. The summed E-state index contributed by atoms with van der Waals surface area (Å²) in [5.74, 6) is 0. The van der Waals surface area contributed by atoms with E-state index in [0.717, 1.165) is 0 Å². The Kier molecular flexibility index (Phi) is 14.3. The van der Waals surface area contributed by atoms with Gasteiger partial charge in [0.2, 0.25) is 0 Å². The summed E-state index contributed by atoms with van der Waals surface area (Å²) < 4.78 is 0. The van der Waals surface area contributed by atoms with Crippen LogP contribution in [0, 0.1) is 0 Å². The van der Waals surface area contributed by atoms with Crippen LogP contribution in [-0.4, -0.2) is 26.6 Å². The van der Waals surface area contributed by atoms with E-state index in [0.29, 0.717) is 0 Å². The molecular formula is C13H28Si3. The molecule has 0 aliphatic rings. The highest BCUT2D eigenvalue weighted by molar-refractivity contribution is 7.34. The number of hydrogen-bond donors (Lipinski definition) is 0. The molecule has 0 spiro atoms. The quantitative estimate of drug-likeness (QED) is 0.365. The van der Waals surface area contributed by atoms with Crippen molar-refractivity contribution in [2.24, 2.45) is 0 Å². The molecule has 0 unspecified atom stereocenters. The largest absolute Gasteiger partial charge is 0.0761 e. The lowest BCUT2D eigenvalue weighted by Crippen LogP contribution is -2.17. The predicted octanol–water partition coefficient (Wildman–Crippen LogP) is 4.32. The van der Waals surface area contributed by atoms with E-state index in [1.165, 1.54) is 79.3 Å². The molecule has 0 aromatic carbocycles.